The van der Waals surface area contributed by atoms with Gasteiger partial charge in [0, 0.05) is 11.8 Å². The lowest BCUT2D eigenvalue weighted by atomic mass is 9.89. The molecule has 0 fully saturated rings. The van der Waals surface area contributed by atoms with Crippen LogP contribution in [0, 0.1) is 11.3 Å². The molecule has 0 radical (unpaired) electrons. The second kappa shape index (κ2) is 5.58. The highest BCUT2D eigenvalue weighted by molar-refractivity contribution is 7.15. The molecule has 0 bridgehead atoms. The minimum absolute atomic E-state index is 0.00671. The number of hydrogen-bond acceptors (Lipinski definition) is 4. The Morgan fingerprint density at radius 1 is 1.41 bits per heavy atom. The molecule has 1 aromatic rings. The fourth-order valence-corrected chi connectivity index (χ4v) is 2.11. The highest BCUT2D eigenvalue weighted by Crippen LogP contribution is 2.24. The molecule has 1 aromatic heterocycles. The van der Waals surface area contributed by atoms with Crippen molar-refractivity contribution >= 4 is 22.4 Å². The van der Waals surface area contributed by atoms with Crippen LogP contribution < -0.4 is 5.32 Å². The maximum Gasteiger partial charge on any atom is 0.231 e. The van der Waals surface area contributed by atoms with Gasteiger partial charge >= 0.3 is 0 Å². The van der Waals surface area contributed by atoms with Crippen LogP contribution in [-0.4, -0.2) is 16.1 Å². The van der Waals surface area contributed by atoms with Crippen LogP contribution in [0.2, 0.25) is 0 Å². The zero-order valence-corrected chi connectivity index (χ0v) is 12.0. The summed E-state index contributed by atoms with van der Waals surface area (Å²) in [5.41, 5.74) is -0.357. The molecule has 0 spiro atoms. The monoisotopic (exact) mass is 255 g/mol. The van der Waals surface area contributed by atoms with E-state index in [2.05, 4.69) is 29.4 Å². The molecule has 96 valence electrons. The Morgan fingerprint density at radius 3 is 2.59 bits per heavy atom. The maximum absolute atomic E-state index is 11.9. The molecule has 0 aliphatic rings. The van der Waals surface area contributed by atoms with Gasteiger partial charge in [0.15, 0.2) is 0 Å². The highest BCUT2D eigenvalue weighted by atomic mass is 32.1. The SMILES string of the molecule is CCC(C)(C)C(=O)Nc1nnc(CC(C)C)s1. The number of rotatable bonds is 5. The molecular formula is C12H21N3OS. The van der Waals surface area contributed by atoms with Gasteiger partial charge < -0.3 is 5.32 Å². The Kier molecular flexibility index (Phi) is 4.62. The smallest absolute Gasteiger partial charge is 0.231 e. The second-order valence-electron chi connectivity index (χ2n) is 5.29. The summed E-state index contributed by atoms with van der Waals surface area (Å²) in [6, 6.07) is 0. The first-order valence-electron chi connectivity index (χ1n) is 5.99. The summed E-state index contributed by atoms with van der Waals surface area (Å²) in [6.45, 7) is 10.1. The number of aromatic nitrogens is 2. The Bertz CT molecular complexity index is 385. The van der Waals surface area contributed by atoms with Gasteiger partial charge in [0.2, 0.25) is 11.0 Å². The van der Waals surface area contributed by atoms with E-state index in [0.717, 1.165) is 17.8 Å². The zero-order valence-electron chi connectivity index (χ0n) is 11.2. The third-order valence-corrected chi connectivity index (χ3v) is 3.63. The normalized spacial score (nSPS) is 11.9. The van der Waals surface area contributed by atoms with Crippen molar-refractivity contribution in [2.24, 2.45) is 11.3 Å². The first-order chi connectivity index (χ1) is 7.85. The Morgan fingerprint density at radius 2 is 2.06 bits per heavy atom. The van der Waals surface area contributed by atoms with Crippen molar-refractivity contribution < 1.29 is 4.79 Å². The summed E-state index contributed by atoms with van der Waals surface area (Å²) >= 11 is 1.46. The van der Waals surface area contributed by atoms with Crippen molar-refractivity contribution in [3.63, 3.8) is 0 Å². The van der Waals surface area contributed by atoms with E-state index in [1.54, 1.807) is 0 Å². The van der Waals surface area contributed by atoms with E-state index in [-0.39, 0.29) is 11.3 Å². The van der Waals surface area contributed by atoms with E-state index in [1.807, 2.05) is 20.8 Å². The third-order valence-electron chi connectivity index (χ3n) is 2.77. The lowest BCUT2D eigenvalue weighted by Gasteiger charge is -2.20. The molecule has 0 saturated heterocycles. The van der Waals surface area contributed by atoms with Gasteiger partial charge in [-0.1, -0.05) is 46.0 Å². The van der Waals surface area contributed by atoms with E-state index in [9.17, 15) is 4.79 Å². The molecule has 0 aliphatic heterocycles. The molecule has 4 nitrogen and oxygen atoms in total. The fourth-order valence-electron chi connectivity index (χ4n) is 1.16. The number of carbonyl (C=O) groups excluding carboxylic acids is 1. The first kappa shape index (κ1) is 14.1. The van der Waals surface area contributed by atoms with Gasteiger partial charge in [0.05, 0.1) is 0 Å². The fraction of sp³-hybridized carbons (Fsp3) is 0.750. The van der Waals surface area contributed by atoms with Crippen LogP contribution in [0.1, 0.15) is 46.0 Å². The van der Waals surface area contributed by atoms with Crippen LogP contribution in [-0.2, 0) is 11.2 Å². The van der Waals surface area contributed by atoms with Gasteiger partial charge in [-0.15, -0.1) is 10.2 Å². The molecule has 1 amide bonds. The molecule has 0 unspecified atom stereocenters. The lowest BCUT2D eigenvalue weighted by molar-refractivity contribution is -0.124. The number of nitrogens with one attached hydrogen (secondary N) is 1. The topological polar surface area (TPSA) is 54.9 Å². The van der Waals surface area contributed by atoms with Crippen molar-refractivity contribution in [1.82, 2.24) is 10.2 Å². The third kappa shape index (κ3) is 4.07. The van der Waals surface area contributed by atoms with E-state index >= 15 is 0 Å². The number of anilines is 1. The van der Waals surface area contributed by atoms with Crippen LogP contribution in [0.3, 0.4) is 0 Å². The predicted octanol–water partition coefficient (Wildman–Crippen LogP) is 3.11. The molecule has 5 heteroatoms. The number of carbonyl (C=O) groups is 1. The van der Waals surface area contributed by atoms with Gasteiger partial charge in [0.1, 0.15) is 5.01 Å². The molecule has 17 heavy (non-hydrogen) atoms. The van der Waals surface area contributed by atoms with Gasteiger partial charge in [-0.2, -0.15) is 0 Å². The first-order valence-corrected chi connectivity index (χ1v) is 6.80. The zero-order chi connectivity index (χ0) is 13.1. The molecular weight excluding hydrogens is 234 g/mol. The second-order valence-corrected chi connectivity index (χ2v) is 6.35. The van der Waals surface area contributed by atoms with Crippen molar-refractivity contribution in [2.75, 3.05) is 5.32 Å². The van der Waals surface area contributed by atoms with Crippen LogP contribution in [0.15, 0.2) is 0 Å². The Hall–Kier alpha value is -0.970. The molecule has 0 aliphatic carbocycles. The van der Waals surface area contributed by atoms with Crippen LogP contribution in [0.4, 0.5) is 5.13 Å². The Balaban J connectivity index is 2.64. The summed E-state index contributed by atoms with van der Waals surface area (Å²) in [4.78, 5) is 11.9. The van der Waals surface area contributed by atoms with E-state index in [1.165, 1.54) is 11.3 Å². The molecule has 0 saturated carbocycles. The quantitative estimate of drug-likeness (QED) is 0.879. The summed E-state index contributed by atoms with van der Waals surface area (Å²) in [5, 5.41) is 12.5. The van der Waals surface area contributed by atoms with E-state index in [4.69, 9.17) is 0 Å². The molecule has 0 atom stereocenters. The molecule has 1 rings (SSSR count). The lowest BCUT2D eigenvalue weighted by Crippen LogP contribution is -2.29. The largest absolute Gasteiger partial charge is 0.300 e. The standard InChI is InChI=1S/C12H21N3OS/c1-6-12(4,5)10(16)13-11-15-14-9(17-11)7-8(2)3/h8H,6-7H2,1-5H3,(H,13,15,16). The van der Waals surface area contributed by atoms with Crippen molar-refractivity contribution in [1.29, 1.82) is 0 Å². The van der Waals surface area contributed by atoms with Gasteiger partial charge in [0.25, 0.3) is 0 Å². The summed E-state index contributed by atoms with van der Waals surface area (Å²) < 4.78 is 0. The van der Waals surface area contributed by atoms with Crippen molar-refractivity contribution in [2.45, 2.75) is 47.5 Å². The average molecular weight is 255 g/mol. The number of amides is 1. The molecule has 0 aromatic carbocycles. The maximum atomic E-state index is 11.9. The highest BCUT2D eigenvalue weighted by Gasteiger charge is 2.26. The van der Waals surface area contributed by atoms with Crippen molar-refractivity contribution in [3.05, 3.63) is 5.01 Å². The van der Waals surface area contributed by atoms with E-state index in [0.29, 0.717) is 11.0 Å². The van der Waals surface area contributed by atoms with Crippen LogP contribution in [0.25, 0.3) is 0 Å². The van der Waals surface area contributed by atoms with Gasteiger partial charge in [-0.05, 0) is 12.3 Å². The van der Waals surface area contributed by atoms with E-state index < -0.39 is 0 Å². The number of nitrogens with zero attached hydrogens (tertiary/aromatic N) is 2. The minimum Gasteiger partial charge on any atom is -0.300 e. The summed E-state index contributed by atoms with van der Waals surface area (Å²) in [7, 11) is 0. The van der Waals surface area contributed by atoms with Gasteiger partial charge in [-0.3, -0.25) is 4.79 Å². The van der Waals surface area contributed by atoms with Crippen LogP contribution in [0.5, 0.6) is 0 Å². The summed E-state index contributed by atoms with van der Waals surface area (Å²) in [5.74, 6) is 0.561. The van der Waals surface area contributed by atoms with Gasteiger partial charge in [-0.25, -0.2) is 0 Å². The predicted molar refractivity (Wildman–Crippen MR) is 71.2 cm³/mol. The molecule has 1 N–H and O–H groups in total. The minimum atomic E-state index is -0.357. The number of hydrogen-bond donors (Lipinski definition) is 1. The van der Waals surface area contributed by atoms with Crippen LogP contribution >= 0.6 is 11.3 Å². The molecule has 1 heterocycles. The summed E-state index contributed by atoms with van der Waals surface area (Å²) in [6.07, 6.45) is 1.71. The Labute approximate surface area is 107 Å². The average Bonchev–Trinajstić information content (AvgIpc) is 2.64. The van der Waals surface area contributed by atoms with Crippen molar-refractivity contribution in [3.8, 4) is 0 Å².